The number of rotatable bonds is 10. The van der Waals surface area contributed by atoms with E-state index in [0.717, 1.165) is 26.0 Å². The molecule has 0 spiro atoms. The molecule has 4 N–H and O–H groups in total. The van der Waals surface area contributed by atoms with Crippen molar-refractivity contribution in [3.8, 4) is 0 Å². The zero-order chi connectivity index (χ0) is 13.6. The molecule has 0 saturated heterocycles. The van der Waals surface area contributed by atoms with Gasteiger partial charge in [0.05, 0.1) is 0 Å². The van der Waals surface area contributed by atoms with Crippen LogP contribution >= 0.6 is 0 Å². The SMILES string of the molecule is CCCCCCC(C)NC(=NCCCOC)NN. The Kier molecular flexibility index (Phi) is 12.1. The molecule has 0 aromatic rings. The Morgan fingerprint density at radius 1 is 1.28 bits per heavy atom. The first-order valence-corrected chi connectivity index (χ1v) is 7.01. The average Bonchev–Trinajstić information content (AvgIpc) is 2.38. The van der Waals surface area contributed by atoms with Crippen LogP contribution in [0.15, 0.2) is 4.99 Å². The number of hydrogen-bond acceptors (Lipinski definition) is 3. The molecule has 0 aromatic carbocycles. The van der Waals surface area contributed by atoms with Gasteiger partial charge in [0, 0.05) is 26.3 Å². The van der Waals surface area contributed by atoms with Gasteiger partial charge in [-0.2, -0.15) is 0 Å². The number of ether oxygens (including phenoxy) is 1. The van der Waals surface area contributed by atoms with Gasteiger partial charge in [0.1, 0.15) is 0 Å². The second kappa shape index (κ2) is 12.6. The first-order chi connectivity index (χ1) is 8.74. The van der Waals surface area contributed by atoms with E-state index in [0.29, 0.717) is 12.0 Å². The Labute approximate surface area is 112 Å². The summed E-state index contributed by atoms with van der Waals surface area (Å²) in [5.74, 6) is 6.11. The van der Waals surface area contributed by atoms with Gasteiger partial charge < -0.3 is 10.1 Å². The van der Waals surface area contributed by atoms with Crippen molar-refractivity contribution >= 4 is 5.96 Å². The van der Waals surface area contributed by atoms with Crippen LogP contribution in [-0.4, -0.2) is 32.3 Å². The monoisotopic (exact) mass is 258 g/mol. The third kappa shape index (κ3) is 10.4. The molecular weight excluding hydrogens is 228 g/mol. The third-order valence-corrected chi connectivity index (χ3v) is 2.79. The number of guanidine groups is 1. The molecule has 1 atom stereocenters. The Hall–Kier alpha value is -0.810. The van der Waals surface area contributed by atoms with Gasteiger partial charge in [0.25, 0.3) is 0 Å². The van der Waals surface area contributed by atoms with Crippen molar-refractivity contribution < 1.29 is 4.74 Å². The summed E-state index contributed by atoms with van der Waals surface area (Å²) in [5.41, 5.74) is 2.61. The Bertz CT molecular complexity index is 209. The molecule has 0 amide bonds. The Morgan fingerprint density at radius 3 is 2.67 bits per heavy atom. The summed E-state index contributed by atoms with van der Waals surface area (Å²) < 4.78 is 4.97. The molecular formula is C13H30N4O. The smallest absolute Gasteiger partial charge is 0.205 e. The zero-order valence-electron chi connectivity index (χ0n) is 12.2. The van der Waals surface area contributed by atoms with Crippen molar-refractivity contribution in [2.24, 2.45) is 10.8 Å². The maximum Gasteiger partial charge on any atom is 0.205 e. The summed E-state index contributed by atoms with van der Waals surface area (Å²) in [6.45, 7) is 5.84. The van der Waals surface area contributed by atoms with E-state index < -0.39 is 0 Å². The summed E-state index contributed by atoms with van der Waals surface area (Å²) in [4.78, 5) is 4.35. The second-order valence-corrected chi connectivity index (χ2v) is 4.62. The van der Waals surface area contributed by atoms with Crippen molar-refractivity contribution in [1.82, 2.24) is 10.7 Å². The molecule has 0 fully saturated rings. The molecule has 5 heteroatoms. The standard InChI is InChI=1S/C13H30N4O/c1-4-5-6-7-9-12(2)16-13(17-14)15-10-8-11-18-3/h12H,4-11,14H2,1-3H3,(H2,15,16,17). The maximum atomic E-state index is 5.44. The molecule has 0 bridgehead atoms. The van der Waals surface area contributed by atoms with Crippen molar-refractivity contribution in [3.63, 3.8) is 0 Å². The number of nitrogens with one attached hydrogen (secondary N) is 2. The van der Waals surface area contributed by atoms with Gasteiger partial charge in [0.15, 0.2) is 0 Å². The zero-order valence-corrected chi connectivity index (χ0v) is 12.2. The normalized spacial score (nSPS) is 13.4. The highest BCUT2D eigenvalue weighted by Gasteiger charge is 2.03. The molecule has 0 rings (SSSR count). The highest BCUT2D eigenvalue weighted by molar-refractivity contribution is 5.79. The van der Waals surface area contributed by atoms with Crippen LogP contribution in [0.4, 0.5) is 0 Å². The van der Waals surface area contributed by atoms with Gasteiger partial charge in [-0.25, -0.2) is 5.84 Å². The summed E-state index contributed by atoms with van der Waals surface area (Å²) in [5, 5.41) is 3.29. The van der Waals surface area contributed by atoms with Crippen molar-refractivity contribution in [3.05, 3.63) is 0 Å². The molecule has 0 aliphatic rings. The molecule has 0 heterocycles. The van der Waals surface area contributed by atoms with Crippen LogP contribution in [0.5, 0.6) is 0 Å². The van der Waals surface area contributed by atoms with Gasteiger partial charge in [0.2, 0.25) is 5.96 Å². The minimum atomic E-state index is 0.402. The highest BCUT2D eigenvalue weighted by atomic mass is 16.5. The molecule has 5 nitrogen and oxygen atoms in total. The number of aliphatic imine (C=N–C) groups is 1. The van der Waals surface area contributed by atoms with E-state index in [2.05, 4.69) is 29.6 Å². The van der Waals surface area contributed by atoms with Crippen LogP contribution in [-0.2, 0) is 4.74 Å². The van der Waals surface area contributed by atoms with Gasteiger partial charge in [-0.1, -0.05) is 32.6 Å². The molecule has 0 radical (unpaired) electrons. The number of methoxy groups -OCH3 is 1. The van der Waals surface area contributed by atoms with Gasteiger partial charge in [-0.3, -0.25) is 10.4 Å². The molecule has 0 aliphatic carbocycles. The molecule has 0 saturated carbocycles. The van der Waals surface area contributed by atoms with Crippen molar-refractivity contribution in [2.75, 3.05) is 20.3 Å². The lowest BCUT2D eigenvalue weighted by molar-refractivity contribution is 0.197. The lowest BCUT2D eigenvalue weighted by atomic mass is 10.1. The summed E-state index contributed by atoms with van der Waals surface area (Å²) >= 11 is 0. The van der Waals surface area contributed by atoms with Gasteiger partial charge in [-0.05, 0) is 19.8 Å². The topological polar surface area (TPSA) is 71.7 Å². The fourth-order valence-electron chi connectivity index (χ4n) is 1.72. The fourth-order valence-corrected chi connectivity index (χ4v) is 1.72. The van der Waals surface area contributed by atoms with Gasteiger partial charge in [-0.15, -0.1) is 0 Å². The van der Waals surface area contributed by atoms with Crippen LogP contribution < -0.4 is 16.6 Å². The number of nitrogens with two attached hydrogens (primary N) is 1. The van der Waals surface area contributed by atoms with Crippen molar-refractivity contribution in [1.29, 1.82) is 0 Å². The first kappa shape index (κ1) is 17.2. The fraction of sp³-hybridized carbons (Fsp3) is 0.923. The van der Waals surface area contributed by atoms with Gasteiger partial charge >= 0.3 is 0 Å². The minimum absolute atomic E-state index is 0.402. The van der Waals surface area contributed by atoms with E-state index in [1.54, 1.807) is 7.11 Å². The molecule has 0 aliphatic heterocycles. The molecule has 0 aromatic heterocycles. The Morgan fingerprint density at radius 2 is 2.06 bits per heavy atom. The van der Waals surface area contributed by atoms with E-state index >= 15 is 0 Å². The lowest BCUT2D eigenvalue weighted by Crippen LogP contribution is -2.45. The van der Waals surface area contributed by atoms with Crippen LogP contribution in [0.1, 0.15) is 52.4 Å². The van der Waals surface area contributed by atoms with Crippen LogP contribution in [0.25, 0.3) is 0 Å². The van der Waals surface area contributed by atoms with E-state index in [1.165, 1.54) is 25.7 Å². The van der Waals surface area contributed by atoms with Crippen LogP contribution in [0.3, 0.4) is 0 Å². The number of hydrogen-bond donors (Lipinski definition) is 3. The van der Waals surface area contributed by atoms with E-state index in [4.69, 9.17) is 10.6 Å². The predicted molar refractivity (Wildman–Crippen MR) is 77.5 cm³/mol. The average molecular weight is 258 g/mol. The molecule has 18 heavy (non-hydrogen) atoms. The summed E-state index contributed by atoms with van der Waals surface area (Å²) in [6.07, 6.45) is 7.22. The minimum Gasteiger partial charge on any atom is -0.385 e. The van der Waals surface area contributed by atoms with Crippen LogP contribution in [0, 0.1) is 0 Å². The van der Waals surface area contributed by atoms with E-state index in [1.807, 2.05) is 0 Å². The first-order valence-electron chi connectivity index (χ1n) is 7.01. The summed E-state index contributed by atoms with van der Waals surface area (Å²) in [7, 11) is 1.70. The summed E-state index contributed by atoms with van der Waals surface area (Å²) in [6, 6.07) is 0.402. The number of hydrazine groups is 1. The van der Waals surface area contributed by atoms with Crippen molar-refractivity contribution in [2.45, 2.75) is 58.4 Å². The van der Waals surface area contributed by atoms with Crippen LogP contribution in [0.2, 0.25) is 0 Å². The highest BCUT2D eigenvalue weighted by Crippen LogP contribution is 2.04. The largest absolute Gasteiger partial charge is 0.385 e. The molecule has 1 unspecified atom stereocenters. The maximum absolute atomic E-state index is 5.44. The molecule has 108 valence electrons. The third-order valence-electron chi connectivity index (χ3n) is 2.79. The quantitative estimate of drug-likeness (QED) is 0.184. The second-order valence-electron chi connectivity index (χ2n) is 4.62. The number of nitrogens with zero attached hydrogens (tertiary/aromatic N) is 1. The van der Waals surface area contributed by atoms with E-state index in [-0.39, 0.29) is 0 Å². The number of unbranched alkanes of at least 4 members (excludes halogenated alkanes) is 3. The van der Waals surface area contributed by atoms with E-state index in [9.17, 15) is 0 Å². The predicted octanol–water partition coefficient (Wildman–Crippen LogP) is 1.79. The lowest BCUT2D eigenvalue weighted by Gasteiger charge is -2.16. The Balaban J connectivity index is 3.74.